The van der Waals surface area contributed by atoms with Crippen LogP contribution in [0.15, 0.2) is 39.9 Å². The van der Waals surface area contributed by atoms with Gasteiger partial charge in [0, 0.05) is 17.6 Å². The maximum atomic E-state index is 12.7. The highest BCUT2D eigenvalue weighted by molar-refractivity contribution is 7.91. The Morgan fingerprint density at radius 1 is 1.28 bits per heavy atom. The minimum Gasteiger partial charge on any atom is -0.398 e. The zero-order valence-electron chi connectivity index (χ0n) is 9.26. The first-order valence-electron chi connectivity index (χ1n) is 5.05. The number of sulfonamides is 1. The molecule has 0 radical (unpaired) electrons. The Labute approximate surface area is 108 Å². The van der Waals surface area contributed by atoms with Crippen LogP contribution in [-0.4, -0.2) is 8.42 Å². The van der Waals surface area contributed by atoms with Gasteiger partial charge in [0.05, 0.1) is 0 Å². The summed E-state index contributed by atoms with van der Waals surface area (Å²) in [6.45, 7) is 0.112. The van der Waals surface area contributed by atoms with E-state index < -0.39 is 10.0 Å². The lowest BCUT2D eigenvalue weighted by Gasteiger charge is -2.04. The summed E-state index contributed by atoms with van der Waals surface area (Å²) in [4.78, 5) is 0. The monoisotopic (exact) mass is 286 g/mol. The Morgan fingerprint density at radius 3 is 2.50 bits per heavy atom. The van der Waals surface area contributed by atoms with Crippen LogP contribution in [0, 0.1) is 5.82 Å². The highest BCUT2D eigenvalue weighted by atomic mass is 32.2. The number of nitrogen functional groups attached to an aromatic ring is 1. The van der Waals surface area contributed by atoms with Gasteiger partial charge in [-0.2, -0.15) is 0 Å². The van der Waals surface area contributed by atoms with Gasteiger partial charge < -0.3 is 5.73 Å². The smallest absolute Gasteiger partial charge is 0.250 e. The van der Waals surface area contributed by atoms with Crippen LogP contribution in [0.25, 0.3) is 0 Å². The minimum atomic E-state index is -3.55. The van der Waals surface area contributed by atoms with Crippen molar-refractivity contribution < 1.29 is 12.8 Å². The molecular weight excluding hydrogens is 275 g/mol. The van der Waals surface area contributed by atoms with Gasteiger partial charge in [-0.1, -0.05) is 12.1 Å². The van der Waals surface area contributed by atoms with E-state index in [1.165, 1.54) is 30.3 Å². The second-order valence-corrected chi connectivity index (χ2v) is 6.56. The molecule has 1 heterocycles. The number of hydrogen-bond donors (Lipinski definition) is 2. The van der Waals surface area contributed by atoms with E-state index in [4.69, 9.17) is 5.73 Å². The Bertz CT molecular complexity index is 635. The van der Waals surface area contributed by atoms with E-state index in [2.05, 4.69) is 4.72 Å². The van der Waals surface area contributed by atoms with Gasteiger partial charge >= 0.3 is 0 Å². The van der Waals surface area contributed by atoms with E-state index in [9.17, 15) is 12.8 Å². The highest BCUT2D eigenvalue weighted by Gasteiger charge is 2.15. The third-order valence-corrected chi connectivity index (χ3v) is 5.10. The molecule has 0 aliphatic rings. The SMILES string of the molecule is Nc1csc(S(=O)(=O)NCc2ccc(F)cc2)c1. The van der Waals surface area contributed by atoms with Crippen LogP contribution in [0.1, 0.15) is 5.56 Å². The fraction of sp³-hybridized carbons (Fsp3) is 0.0909. The van der Waals surface area contributed by atoms with Crippen molar-refractivity contribution in [2.24, 2.45) is 0 Å². The largest absolute Gasteiger partial charge is 0.398 e. The number of nitrogens with two attached hydrogens (primary N) is 1. The van der Waals surface area contributed by atoms with Gasteiger partial charge in [0.25, 0.3) is 0 Å². The molecule has 0 saturated heterocycles. The van der Waals surface area contributed by atoms with Crippen LogP contribution < -0.4 is 10.5 Å². The van der Waals surface area contributed by atoms with E-state index in [0.29, 0.717) is 11.3 Å². The second-order valence-electron chi connectivity index (χ2n) is 3.65. The Balaban J connectivity index is 2.08. The number of hydrogen-bond acceptors (Lipinski definition) is 4. The van der Waals surface area contributed by atoms with Gasteiger partial charge in [-0.3, -0.25) is 0 Å². The lowest BCUT2D eigenvalue weighted by atomic mass is 10.2. The summed E-state index contributed by atoms with van der Waals surface area (Å²) < 4.78 is 39.0. The van der Waals surface area contributed by atoms with E-state index in [1.54, 1.807) is 5.38 Å². The van der Waals surface area contributed by atoms with E-state index in [0.717, 1.165) is 11.3 Å². The molecule has 2 aromatic rings. The van der Waals surface area contributed by atoms with Crippen LogP contribution >= 0.6 is 11.3 Å². The predicted molar refractivity (Wildman–Crippen MR) is 69.2 cm³/mol. The molecular formula is C11H11FN2O2S2. The van der Waals surface area contributed by atoms with Gasteiger partial charge in [0.15, 0.2) is 0 Å². The summed E-state index contributed by atoms with van der Waals surface area (Å²) in [5.41, 5.74) is 6.58. The number of thiophene rings is 1. The molecule has 0 amide bonds. The highest BCUT2D eigenvalue weighted by Crippen LogP contribution is 2.21. The van der Waals surface area contributed by atoms with Crippen molar-refractivity contribution in [1.29, 1.82) is 0 Å². The quantitative estimate of drug-likeness (QED) is 0.902. The number of rotatable bonds is 4. The molecule has 1 aromatic carbocycles. The maximum absolute atomic E-state index is 12.7. The first-order valence-corrected chi connectivity index (χ1v) is 7.42. The lowest BCUT2D eigenvalue weighted by molar-refractivity contribution is 0.583. The normalized spacial score (nSPS) is 11.6. The van der Waals surface area contributed by atoms with E-state index >= 15 is 0 Å². The summed E-state index contributed by atoms with van der Waals surface area (Å²) in [6.07, 6.45) is 0. The topological polar surface area (TPSA) is 72.2 Å². The lowest BCUT2D eigenvalue weighted by Crippen LogP contribution is -2.22. The van der Waals surface area contributed by atoms with Gasteiger partial charge in [0.2, 0.25) is 10.0 Å². The van der Waals surface area contributed by atoms with Crippen LogP contribution in [0.4, 0.5) is 10.1 Å². The van der Waals surface area contributed by atoms with Gasteiger partial charge in [0.1, 0.15) is 10.0 Å². The molecule has 0 aliphatic carbocycles. The number of anilines is 1. The van der Waals surface area contributed by atoms with Crippen LogP contribution in [0.3, 0.4) is 0 Å². The fourth-order valence-electron chi connectivity index (χ4n) is 1.32. The van der Waals surface area contributed by atoms with Gasteiger partial charge in [-0.05, 0) is 23.8 Å². The maximum Gasteiger partial charge on any atom is 0.250 e. The molecule has 0 atom stereocenters. The molecule has 0 aliphatic heterocycles. The molecule has 4 nitrogen and oxygen atoms in total. The second kappa shape index (κ2) is 5.05. The standard InChI is InChI=1S/C11H11FN2O2S2/c12-9-3-1-8(2-4-9)6-14-18(15,16)11-5-10(13)7-17-11/h1-5,7,14H,6,13H2. The Kier molecular flexibility index (Phi) is 3.65. The Morgan fingerprint density at radius 2 is 1.94 bits per heavy atom. The van der Waals surface area contributed by atoms with Crippen molar-refractivity contribution in [2.45, 2.75) is 10.8 Å². The third kappa shape index (κ3) is 3.06. The average Bonchev–Trinajstić information content (AvgIpc) is 2.76. The van der Waals surface area contributed by atoms with E-state index in [-0.39, 0.29) is 16.6 Å². The van der Waals surface area contributed by atoms with Crippen molar-refractivity contribution in [3.8, 4) is 0 Å². The van der Waals surface area contributed by atoms with Crippen molar-refractivity contribution in [2.75, 3.05) is 5.73 Å². The van der Waals surface area contributed by atoms with Gasteiger partial charge in [-0.25, -0.2) is 17.5 Å². The molecule has 7 heteroatoms. The molecule has 0 fully saturated rings. The molecule has 2 rings (SSSR count). The van der Waals surface area contributed by atoms with Crippen molar-refractivity contribution in [1.82, 2.24) is 4.72 Å². The minimum absolute atomic E-state index is 0.112. The van der Waals surface area contributed by atoms with Crippen LogP contribution in [0.5, 0.6) is 0 Å². The number of benzene rings is 1. The molecule has 1 aromatic heterocycles. The summed E-state index contributed by atoms with van der Waals surface area (Å²) in [5, 5.41) is 1.56. The first kappa shape index (κ1) is 13.0. The van der Waals surface area contributed by atoms with Crippen molar-refractivity contribution in [3.05, 3.63) is 47.1 Å². The average molecular weight is 286 g/mol. The third-order valence-electron chi connectivity index (χ3n) is 2.24. The summed E-state index contributed by atoms with van der Waals surface area (Å²) in [7, 11) is -3.55. The predicted octanol–water partition coefficient (Wildman–Crippen LogP) is 1.95. The summed E-state index contributed by atoms with van der Waals surface area (Å²) in [6, 6.07) is 7.03. The number of halogens is 1. The first-order chi connectivity index (χ1) is 8.47. The van der Waals surface area contributed by atoms with Crippen LogP contribution in [-0.2, 0) is 16.6 Å². The molecule has 0 saturated carbocycles. The van der Waals surface area contributed by atoms with Gasteiger partial charge in [-0.15, -0.1) is 11.3 Å². The zero-order chi connectivity index (χ0) is 13.2. The molecule has 0 spiro atoms. The van der Waals surface area contributed by atoms with Crippen molar-refractivity contribution >= 4 is 27.0 Å². The van der Waals surface area contributed by atoms with Crippen LogP contribution in [0.2, 0.25) is 0 Å². The zero-order valence-corrected chi connectivity index (χ0v) is 10.9. The summed E-state index contributed by atoms with van der Waals surface area (Å²) in [5.74, 6) is -0.354. The fourth-order valence-corrected chi connectivity index (χ4v) is 3.47. The van der Waals surface area contributed by atoms with Crippen molar-refractivity contribution in [3.63, 3.8) is 0 Å². The Hall–Kier alpha value is -1.44. The number of nitrogens with one attached hydrogen (secondary N) is 1. The summed E-state index contributed by atoms with van der Waals surface area (Å²) >= 11 is 1.06. The molecule has 0 unspecified atom stereocenters. The molecule has 18 heavy (non-hydrogen) atoms. The molecule has 0 bridgehead atoms. The molecule has 96 valence electrons. The molecule has 3 N–H and O–H groups in total. The van der Waals surface area contributed by atoms with E-state index in [1.807, 2.05) is 0 Å².